The summed E-state index contributed by atoms with van der Waals surface area (Å²) in [4.78, 5) is 22.7. The van der Waals surface area contributed by atoms with Crippen LogP contribution in [0.5, 0.6) is 0 Å². The third kappa shape index (κ3) is 3.00. The molecular formula is C15H12FNO3. The molecule has 0 aliphatic rings. The quantitative estimate of drug-likeness (QED) is 0.903. The number of rotatable bonds is 3. The Morgan fingerprint density at radius 2 is 1.65 bits per heavy atom. The van der Waals surface area contributed by atoms with E-state index >= 15 is 0 Å². The number of amides is 1. The summed E-state index contributed by atoms with van der Waals surface area (Å²) in [5, 5.41) is 11.4. The van der Waals surface area contributed by atoms with Crippen molar-refractivity contribution in [3.8, 4) is 0 Å². The lowest BCUT2D eigenvalue weighted by atomic mass is 10.1. The van der Waals surface area contributed by atoms with Gasteiger partial charge in [-0.2, -0.15) is 0 Å². The molecular weight excluding hydrogens is 261 g/mol. The molecule has 0 bridgehead atoms. The summed E-state index contributed by atoms with van der Waals surface area (Å²) in [5.41, 5.74) is 1.53. The predicted octanol–water partition coefficient (Wildman–Crippen LogP) is 3.08. The summed E-state index contributed by atoms with van der Waals surface area (Å²) in [6, 6.07) is 9.62. The lowest BCUT2D eigenvalue weighted by Crippen LogP contribution is -2.13. The van der Waals surface area contributed by atoms with E-state index in [1.54, 1.807) is 13.0 Å². The number of hydrogen-bond acceptors (Lipinski definition) is 2. The molecule has 0 saturated carbocycles. The Balaban J connectivity index is 2.19. The smallest absolute Gasteiger partial charge is 0.335 e. The maximum atomic E-state index is 13.1. The lowest BCUT2D eigenvalue weighted by molar-refractivity contribution is 0.0696. The third-order valence-corrected chi connectivity index (χ3v) is 2.84. The molecule has 0 aromatic heterocycles. The normalized spacial score (nSPS) is 10.1. The monoisotopic (exact) mass is 273 g/mol. The third-order valence-electron chi connectivity index (χ3n) is 2.84. The maximum Gasteiger partial charge on any atom is 0.335 e. The van der Waals surface area contributed by atoms with E-state index in [0.717, 1.165) is 5.56 Å². The molecule has 2 aromatic carbocycles. The number of aryl methyl sites for hydroxylation is 1. The van der Waals surface area contributed by atoms with Crippen molar-refractivity contribution in [2.24, 2.45) is 0 Å². The van der Waals surface area contributed by atoms with E-state index in [1.165, 1.54) is 36.4 Å². The average molecular weight is 273 g/mol. The molecule has 0 atom stereocenters. The Hall–Kier alpha value is -2.69. The lowest BCUT2D eigenvalue weighted by Gasteiger charge is -2.08. The topological polar surface area (TPSA) is 66.4 Å². The standard InChI is InChI=1S/C15H12FNO3/c1-9-2-7-12(16)8-13(9)17-14(18)10-3-5-11(6-4-10)15(19)20/h2-8H,1H3,(H,17,18)(H,19,20). The summed E-state index contributed by atoms with van der Waals surface area (Å²) in [6.07, 6.45) is 0. The summed E-state index contributed by atoms with van der Waals surface area (Å²) >= 11 is 0. The second kappa shape index (κ2) is 5.52. The Morgan fingerprint density at radius 1 is 1.05 bits per heavy atom. The van der Waals surface area contributed by atoms with Gasteiger partial charge in [-0.25, -0.2) is 9.18 Å². The van der Waals surface area contributed by atoms with Crippen molar-refractivity contribution in [3.05, 3.63) is 65.0 Å². The fourth-order valence-electron chi connectivity index (χ4n) is 1.69. The maximum absolute atomic E-state index is 13.1. The van der Waals surface area contributed by atoms with Crippen molar-refractivity contribution in [1.29, 1.82) is 0 Å². The van der Waals surface area contributed by atoms with Crippen LogP contribution in [-0.4, -0.2) is 17.0 Å². The van der Waals surface area contributed by atoms with E-state index in [9.17, 15) is 14.0 Å². The zero-order valence-corrected chi connectivity index (χ0v) is 10.7. The number of hydrogen-bond donors (Lipinski definition) is 2. The zero-order valence-electron chi connectivity index (χ0n) is 10.7. The minimum absolute atomic E-state index is 0.100. The van der Waals surface area contributed by atoms with Crippen LogP contribution in [-0.2, 0) is 0 Å². The van der Waals surface area contributed by atoms with Crippen molar-refractivity contribution >= 4 is 17.6 Å². The van der Waals surface area contributed by atoms with Gasteiger partial charge in [0.25, 0.3) is 5.91 Å². The Labute approximate surface area is 114 Å². The summed E-state index contributed by atoms with van der Waals surface area (Å²) in [5.74, 6) is -1.92. The number of carboxylic acids is 1. The van der Waals surface area contributed by atoms with Gasteiger partial charge in [0.1, 0.15) is 5.82 Å². The number of carbonyl (C=O) groups excluding carboxylic acids is 1. The van der Waals surface area contributed by atoms with E-state index in [1.807, 2.05) is 0 Å². The van der Waals surface area contributed by atoms with Crippen LogP contribution >= 0.6 is 0 Å². The highest BCUT2D eigenvalue weighted by Crippen LogP contribution is 2.17. The molecule has 4 nitrogen and oxygen atoms in total. The number of carbonyl (C=O) groups is 2. The van der Waals surface area contributed by atoms with Gasteiger partial charge in [-0.1, -0.05) is 6.07 Å². The number of aromatic carboxylic acids is 1. The minimum atomic E-state index is -1.06. The van der Waals surface area contributed by atoms with Gasteiger partial charge >= 0.3 is 5.97 Å². The minimum Gasteiger partial charge on any atom is -0.478 e. The highest BCUT2D eigenvalue weighted by atomic mass is 19.1. The Morgan fingerprint density at radius 3 is 2.25 bits per heavy atom. The molecule has 0 aliphatic heterocycles. The predicted molar refractivity (Wildman–Crippen MR) is 72.5 cm³/mol. The first-order valence-corrected chi connectivity index (χ1v) is 5.88. The molecule has 2 rings (SSSR count). The fraction of sp³-hybridized carbons (Fsp3) is 0.0667. The van der Waals surface area contributed by atoms with Crippen LogP contribution in [0.2, 0.25) is 0 Å². The first-order valence-electron chi connectivity index (χ1n) is 5.88. The highest BCUT2D eigenvalue weighted by Gasteiger charge is 2.10. The van der Waals surface area contributed by atoms with Gasteiger partial charge in [0.15, 0.2) is 0 Å². The van der Waals surface area contributed by atoms with E-state index in [4.69, 9.17) is 5.11 Å². The van der Waals surface area contributed by atoms with Gasteiger partial charge in [-0.05, 0) is 48.9 Å². The van der Waals surface area contributed by atoms with Gasteiger partial charge < -0.3 is 10.4 Å². The molecule has 2 N–H and O–H groups in total. The van der Waals surface area contributed by atoms with Crippen LogP contribution in [0.15, 0.2) is 42.5 Å². The summed E-state index contributed by atoms with van der Waals surface area (Å²) in [6.45, 7) is 1.75. The van der Waals surface area contributed by atoms with Gasteiger partial charge in [-0.15, -0.1) is 0 Å². The van der Waals surface area contributed by atoms with Crippen LogP contribution in [0.25, 0.3) is 0 Å². The fourth-order valence-corrected chi connectivity index (χ4v) is 1.69. The van der Waals surface area contributed by atoms with Crippen molar-refractivity contribution in [2.45, 2.75) is 6.92 Å². The SMILES string of the molecule is Cc1ccc(F)cc1NC(=O)c1ccc(C(=O)O)cc1. The van der Waals surface area contributed by atoms with Gasteiger partial charge in [0.05, 0.1) is 5.56 Å². The second-order valence-electron chi connectivity index (χ2n) is 4.30. The summed E-state index contributed by atoms with van der Waals surface area (Å²) in [7, 11) is 0. The van der Waals surface area contributed by atoms with Crippen molar-refractivity contribution in [3.63, 3.8) is 0 Å². The molecule has 0 fully saturated rings. The molecule has 5 heteroatoms. The zero-order chi connectivity index (χ0) is 14.7. The second-order valence-corrected chi connectivity index (χ2v) is 4.30. The molecule has 0 spiro atoms. The molecule has 20 heavy (non-hydrogen) atoms. The molecule has 102 valence electrons. The molecule has 1 amide bonds. The molecule has 0 radical (unpaired) electrons. The Bertz CT molecular complexity index is 665. The molecule has 0 saturated heterocycles. The molecule has 0 heterocycles. The number of halogens is 1. The van der Waals surface area contributed by atoms with Crippen LogP contribution in [0.4, 0.5) is 10.1 Å². The Kier molecular flexibility index (Phi) is 3.79. The van der Waals surface area contributed by atoms with Crippen molar-refractivity contribution < 1.29 is 19.1 Å². The number of benzene rings is 2. The van der Waals surface area contributed by atoms with E-state index in [2.05, 4.69) is 5.32 Å². The van der Waals surface area contributed by atoms with Crippen LogP contribution < -0.4 is 5.32 Å². The van der Waals surface area contributed by atoms with Crippen LogP contribution in [0, 0.1) is 12.7 Å². The van der Waals surface area contributed by atoms with Crippen LogP contribution in [0.1, 0.15) is 26.3 Å². The first-order chi connectivity index (χ1) is 9.47. The largest absolute Gasteiger partial charge is 0.478 e. The van der Waals surface area contributed by atoms with E-state index in [-0.39, 0.29) is 5.56 Å². The first kappa shape index (κ1) is 13.7. The van der Waals surface area contributed by atoms with Crippen LogP contribution in [0.3, 0.4) is 0 Å². The molecule has 0 aliphatic carbocycles. The van der Waals surface area contributed by atoms with E-state index in [0.29, 0.717) is 11.3 Å². The van der Waals surface area contributed by atoms with Gasteiger partial charge in [0, 0.05) is 11.3 Å². The number of nitrogens with one attached hydrogen (secondary N) is 1. The molecule has 0 unspecified atom stereocenters. The van der Waals surface area contributed by atoms with Crippen molar-refractivity contribution in [1.82, 2.24) is 0 Å². The average Bonchev–Trinajstić information content (AvgIpc) is 2.43. The molecule has 2 aromatic rings. The van der Waals surface area contributed by atoms with Crippen molar-refractivity contribution in [2.75, 3.05) is 5.32 Å². The van der Waals surface area contributed by atoms with Gasteiger partial charge in [0.2, 0.25) is 0 Å². The highest BCUT2D eigenvalue weighted by molar-refractivity contribution is 6.05. The summed E-state index contributed by atoms with van der Waals surface area (Å²) < 4.78 is 13.1. The number of carboxylic acid groups (broad SMARTS) is 1. The number of anilines is 1. The van der Waals surface area contributed by atoms with Gasteiger partial charge in [-0.3, -0.25) is 4.79 Å². The van der Waals surface area contributed by atoms with E-state index < -0.39 is 17.7 Å².